The summed E-state index contributed by atoms with van der Waals surface area (Å²) >= 11 is 0. The molecule has 2 aliphatic rings. The quantitative estimate of drug-likeness (QED) is 0.819. The van der Waals surface area contributed by atoms with Crippen LogP contribution in [-0.4, -0.2) is 54.0 Å². The van der Waals surface area contributed by atoms with Gasteiger partial charge in [-0.1, -0.05) is 12.8 Å². The van der Waals surface area contributed by atoms with Gasteiger partial charge in [-0.15, -0.1) is 0 Å². The van der Waals surface area contributed by atoms with Gasteiger partial charge in [0.25, 0.3) is 0 Å². The molecule has 2 saturated carbocycles. The third kappa shape index (κ3) is 2.86. The lowest BCUT2D eigenvalue weighted by atomic mass is 9.88. The standard InChI is InChI=1S/C14H27N3O/c1-10(15)14(18)17(11-8-9-11)13-7-5-4-6-12(13)16(2)3/h10-13H,4-9,15H2,1-3H3/t10-,12-,13+/m0/s1. The zero-order chi connectivity index (χ0) is 13.3. The number of amides is 1. The lowest BCUT2D eigenvalue weighted by molar-refractivity contribution is -0.137. The molecule has 0 unspecified atom stereocenters. The van der Waals surface area contributed by atoms with Gasteiger partial charge >= 0.3 is 0 Å². The molecule has 0 heterocycles. The first-order chi connectivity index (χ1) is 8.52. The van der Waals surface area contributed by atoms with Gasteiger partial charge in [0.2, 0.25) is 5.91 Å². The Morgan fingerprint density at radius 2 is 1.67 bits per heavy atom. The van der Waals surface area contributed by atoms with E-state index < -0.39 is 0 Å². The van der Waals surface area contributed by atoms with Crippen LogP contribution in [0.4, 0.5) is 0 Å². The van der Waals surface area contributed by atoms with Crippen molar-refractivity contribution in [2.75, 3.05) is 14.1 Å². The predicted octanol–water partition coefficient (Wildman–Crippen LogP) is 1.20. The fourth-order valence-electron chi connectivity index (χ4n) is 3.22. The molecular formula is C14H27N3O. The van der Waals surface area contributed by atoms with Crippen LogP contribution in [0.2, 0.25) is 0 Å². The Hall–Kier alpha value is -0.610. The Morgan fingerprint density at radius 3 is 2.11 bits per heavy atom. The lowest BCUT2D eigenvalue weighted by Crippen LogP contribution is -2.57. The van der Waals surface area contributed by atoms with E-state index in [9.17, 15) is 4.79 Å². The normalized spacial score (nSPS) is 30.3. The number of hydrogen-bond donors (Lipinski definition) is 1. The SMILES string of the molecule is C[C@H](N)C(=O)N(C1CC1)[C@@H]1CCCC[C@@H]1N(C)C. The number of carbonyl (C=O) groups excluding carboxylic acids is 1. The molecule has 4 nitrogen and oxygen atoms in total. The van der Waals surface area contributed by atoms with Crippen molar-refractivity contribution < 1.29 is 4.79 Å². The highest BCUT2D eigenvalue weighted by Crippen LogP contribution is 2.35. The molecule has 2 N–H and O–H groups in total. The zero-order valence-electron chi connectivity index (χ0n) is 11.9. The van der Waals surface area contributed by atoms with Crippen molar-refractivity contribution in [1.29, 1.82) is 0 Å². The van der Waals surface area contributed by atoms with Crippen LogP contribution in [0.3, 0.4) is 0 Å². The minimum atomic E-state index is -0.365. The molecule has 1 amide bonds. The maximum absolute atomic E-state index is 12.4. The van der Waals surface area contributed by atoms with Gasteiger partial charge in [-0.3, -0.25) is 4.79 Å². The molecule has 0 aromatic rings. The van der Waals surface area contributed by atoms with Crippen LogP contribution >= 0.6 is 0 Å². The zero-order valence-corrected chi connectivity index (χ0v) is 11.9. The summed E-state index contributed by atoms with van der Waals surface area (Å²) in [6.07, 6.45) is 7.18. The largest absolute Gasteiger partial charge is 0.334 e. The minimum absolute atomic E-state index is 0.149. The van der Waals surface area contributed by atoms with E-state index in [0.29, 0.717) is 18.1 Å². The first-order valence-corrected chi connectivity index (χ1v) is 7.26. The molecular weight excluding hydrogens is 226 g/mol. The van der Waals surface area contributed by atoms with Gasteiger partial charge in [-0.05, 0) is 46.7 Å². The molecule has 18 heavy (non-hydrogen) atoms. The van der Waals surface area contributed by atoms with Gasteiger partial charge in [0.15, 0.2) is 0 Å². The first-order valence-electron chi connectivity index (χ1n) is 7.26. The van der Waals surface area contributed by atoms with Gasteiger partial charge in [0.1, 0.15) is 0 Å². The van der Waals surface area contributed by atoms with Crippen LogP contribution in [0, 0.1) is 0 Å². The highest BCUT2D eigenvalue weighted by molar-refractivity contribution is 5.82. The predicted molar refractivity (Wildman–Crippen MR) is 73.2 cm³/mol. The van der Waals surface area contributed by atoms with Crippen molar-refractivity contribution in [3.8, 4) is 0 Å². The van der Waals surface area contributed by atoms with Crippen LogP contribution in [0.25, 0.3) is 0 Å². The number of carbonyl (C=O) groups is 1. The summed E-state index contributed by atoms with van der Waals surface area (Å²) in [4.78, 5) is 16.8. The lowest BCUT2D eigenvalue weighted by Gasteiger charge is -2.43. The summed E-state index contributed by atoms with van der Waals surface area (Å²) in [6.45, 7) is 1.81. The molecule has 2 fully saturated rings. The van der Waals surface area contributed by atoms with E-state index in [0.717, 1.165) is 19.3 Å². The third-order valence-electron chi connectivity index (χ3n) is 4.30. The maximum atomic E-state index is 12.4. The summed E-state index contributed by atoms with van der Waals surface area (Å²) in [7, 11) is 4.26. The van der Waals surface area contributed by atoms with Gasteiger partial charge < -0.3 is 15.5 Å². The number of hydrogen-bond acceptors (Lipinski definition) is 3. The monoisotopic (exact) mass is 253 g/mol. The number of nitrogens with zero attached hydrogens (tertiary/aromatic N) is 2. The smallest absolute Gasteiger partial charge is 0.239 e. The van der Waals surface area contributed by atoms with Crippen LogP contribution in [0.1, 0.15) is 45.4 Å². The second-order valence-corrected chi connectivity index (χ2v) is 6.15. The number of nitrogens with two attached hydrogens (primary N) is 1. The Balaban J connectivity index is 2.15. The number of likely N-dealkylation sites (N-methyl/N-ethyl adjacent to an activating group) is 1. The van der Waals surface area contributed by atoms with Gasteiger partial charge in [0, 0.05) is 18.1 Å². The van der Waals surface area contributed by atoms with Gasteiger partial charge in [-0.2, -0.15) is 0 Å². The molecule has 104 valence electrons. The molecule has 0 radical (unpaired) electrons. The van der Waals surface area contributed by atoms with E-state index in [1.54, 1.807) is 0 Å². The van der Waals surface area contributed by atoms with Crippen molar-refractivity contribution in [2.45, 2.75) is 69.6 Å². The molecule has 2 aliphatic carbocycles. The Morgan fingerprint density at radius 1 is 1.11 bits per heavy atom. The van der Waals surface area contributed by atoms with Crippen LogP contribution in [-0.2, 0) is 4.79 Å². The van der Waals surface area contributed by atoms with E-state index in [1.165, 1.54) is 19.3 Å². The second-order valence-electron chi connectivity index (χ2n) is 6.15. The van der Waals surface area contributed by atoms with Crippen molar-refractivity contribution >= 4 is 5.91 Å². The molecule has 0 aromatic carbocycles. The summed E-state index contributed by atoms with van der Waals surface area (Å²) in [5, 5.41) is 0. The highest BCUT2D eigenvalue weighted by atomic mass is 16.2. The average Bonchev–Trinajstić information content (AvgIpc) is 3.14. The molecule has 0 aromatic heterocycles. The molecule has 3 atom stereocenters. The molecule has 0 bridgehead atoms. The number of rotatable bonds is 4. The van der Waals surface area contributed by atoms with E-state index in [4.69, 9.17) is 5.73 Å². The Kier molecular flexibility index (Phi) is 4.28. The Labute approximate surface area is 110 Å². The third-order valence-corrected chi connectivity index (χ3v) is 4.30. The van der Waals surface area contributed by atoms with E-state index in [1.807, 2.05) is 6.92 Å². The molecule has 0 saturated heterocycles. The summed E-state index contributed by atoms with van der Waals surface area (Å²) in [6, 6.07) is 0.978. The second kappa shape index (κ2) is 5.57. The van der Waals surface area contributed by atoms with Crippen LogP contribution in [0.5, 0.6) is 0 Å². The van der Waals surface area contributed by atoms with E-state index in [-0.39, 0.29) is 11.9 Å². The fourth-order valence-corrected chi connectivity index (χ4v) is 3.22. The maximum Gasteiger partial charge on any atom is 0.239 e. The fraction of sp³-hybridized carbons (Fsp3) is 0.929. The van der Waals surface area contributed by atoms with Crippen LogP contribution < -0.4 is 5.73 Å². The van der Waals surface area contributed by atoms with Crippen molar-refractivity contribution in [3.05, 3.63) is 0 Å². The van der Waals surface area contributed by atoms with E-state index in [2.05, 4.69) is 23.9 Å². The summed E-state index contributed by atoms with van der Waals surface area (Å²) < 4.78 is 0. The van der Waals surface area contributed by atoms with Gasteiger partial charge in [0.05, 0.1) is 6.04 Å². The summed E-state index contributed by atoms with van der Waals surface area (Å²) in [5.74, 6) is 0.149. The molecule has 0 aliphatic heterocycles. The highest BCUT2D eigenvalue weighted by Gasteiger charge is 2.42. The topological polar surface area (TPSA) is 49.6 Å². The van der Waals surface area contributed by atoms with E-state index >= 15 is 0 Å². The molecule has 2 rings (SSSR count). The molecule has 0 spiro atoms. The Bertz CT molecular complexity index is 299. The van der Waals surface area contributed by atoms with Crippen molar-refractivity contribution in [3.63, 3.8) is 0 Å². The first kappa shape index (κ1) is 13.8. The van der Waals surface area contributed by atoms with Crippen molar-refractivity contribution in [1.82, 2.24) is 9.80 Å². The summed E-state index contributed by atoms with van der Waals surface area (Å²) in [5.41, 5.74) is 5.83. The minimum Gasteiger partial charge on any atom is -0.334 e. The van der Waals surface area contributed by atoms with Crippen molar-refractivity contribution in [2.24, 2.45) is 5.73 Å². The van der Waals surface area contributed by atoms with Crippen LogP contribution in [0.15, 0.2) is 0 Å². The van der Waals surface area contributed by atoms with Gasteiger partial charge in [-0.25, -0.2) is 0 Å². The molecule has 4 heteroatoms. The average molecular weight is 253 g/mol.